The van der Waals surface area contributed by atoms with Gasteiger partial charge in [-0.15, -0.1) is 0 Å². The molecule has 0 saturated carbocycles. The Hall–Kier alpha value is -1.90. The zero-order valence-electron chi connectivity index (χ0n) is 12.1. The van der Waals surface area contributed by atoms with Crippen LogP contribution in [0.3, 0.4) is 0 Å². The summed E-state index contributed by atoms with van der Waals surface area (Å²) in [6.45, 7) is 2.02. The summed E-state index contributed by atoms with van der Waals surface area (Å²) in [5.41, 5.74) is 4.47. The number of aromatic nitrogens is 1. The molecule has 21 heavy (non-hydrogen) atoms. The third-order valence-electron chi connectivity index (χ3n) is 3.81. The smallest absolute Gasteiger partial charge is 0.0705 e. The molecule has 2 nitrogen and oxygen atoms in total. The molecular weight excluding hydrogens is 280 g/mol. The van der Waals surface area contributed by atoms with Crippen LogP contribution in [0.15, 0.2) is 54.7 Å². The molecule has 0 fully saturated rings. The van der Waals surface area contributed by atoms with Crippen LogP contribution >= 0.6 is 11.6 Å². The molecule has 0 aliphatic rings. The molecule has 0 aliphatic heterocycles. The monoisotopic (exact) mass is 296 g/mol. The predicted octanol–water partition coefficient (Wildman–Crippen LogP) is 4.51. The SMILES string of the molecule is CNC(c1ccc(C)c(Cl)c1)c1cccc2ncccc12. The van der Waals surface area contributed by atoms with Crippen LogP contribution in [0.5, 0.6) is 0 Å². The highest BCUT2D eigenvalue weighted by Crippen LogP contribution is 2.30. The first-order valence-electron chi connectivity index (χ1n) is 6.97. The van der Waals surface area contributed by atoms with Gasteiger partial charge in [0.15, 0.2) is 0 Å². The Kier molecular flexibility index (Phi) is 3.91. The van der Waals surface area contributed by atoms with E-state index in [1.807, 2.05) is 44.4 Å². The lowest BCUT2D eigenvalue weighted by Crippen LogP contribution is -2.18. The summed E-state index contributed by atoms with van der Waals surface area (Å²) in [4.78, 5) is 4.43. The molecule has 0 amide bonds. The van der Waals surface area contributed by atoms with Gasteiger partial charge in [0, 0.05) is 16.6 Å². The first-order valence-corrected chi connectivity index (χ1v) is 7.35. The van der Waals surface area contributed by atoms with Gasteiger partial charge in [-0.1, -0.05) is 41.9 Å². The van der Waals surface area contributed by atoms with Crippen LogP contribution in [0.1, 0.15) is 22.7 Å². The van der Waals surface area contributed by atoms with Crippen molar-refractivity contribution in [3.8, 4) is 0 Å². The van der Waals surface area contributed by atoms with Gasteiger partial charge in [-0.05, 0) is 48.9 Å². The maximum absolute atomic E-state index is 6.28. The van der Waals surface area contributed by atoms with Gasteiger partial charge >= 0.3 is 0 Å². The van der Waals surface area contributed by atoms with Crippen LogP contribution < -0.4 is 5.32 Å². The highest BCUT2D eigenvalue weighted by Gasteiger charge is 2.15. The topological polar surface area (TPSA) is 24.9 Å². The van der Waals surface area contributed by atoms with Crippen molar-refractivity contribution < 1.29 is 0 Å². The molecule has 0 aliphatic carbocycles. The fourth-order valence-corrected chi connectivity index (χ4v) is 2.86. The summed E-state index contributed by atoms with van der Waals surface area (Å²) >= 11 is 6.28. The van der Waals surface area contributed by atoms with Crippen molar-refractivity contribution in [1.82, 2.24) is 10.3 Å². The Bertz CT molecular complexity index is 778. The molecule has 3 rings (SSSR count). The molecule has 0 bridgehead atoms. The average molecular weight is 297 g/mol. The van der Waals surface area contributed by atoms with E-state index < -0.39 is 0 Å². The Morgan fingerprint density at radius 1 is 1.10 bits per heavy atom. The van der Waals surface area contributed by atoms with Crippen molar-refractivity contribution in [1.29, 1.82) is 0 Å². The standard InChI is InChI=1S/C18H17ClN2/c1-12-8-9-13(11-16(12)19)18(20-2)15-5-3-7-17-14(15)6-4-10-21-17/h3-11,18,20H,1-2H3. The second-order valence-electron chi connectivity index (χ2n) is 5.15. The summed E-state index contributed by atoms with van der Waals surface area (Å²) in [5, 5.41) is 5.35. The van der Waals surface area contributed by atoms with Gasteiger partial charge in [0.2, 0.25) is 0 Å². The zero-order chi connectivity index (χ0) is 14.8. The number of halogens is 1. The van der Waals surface area contributed by atoms with E-state index in [4.69, 9.17) is 11.6 Å². The number of benzene rings is 2. The fraction of sp³-hybridized carbons (Fsp3) is 0.167. The van der Waals surface area contributed by atoms with Crippen LogP contribution in [-0.4, -0.2) is 12.0 Å². The second-order valence-corrected chi connectivity index (χ2v) is 5.55. The largest absolute Gasteiger partial charge is 0.309 e. The molecule has 2 aromatic carbocycles. The molecule has 3 aromatic rings. The molecule has 3 heteroatoms. The van der Waals surface area contributed by atoms with Crippen LogP contribution in [0, 0.1) is 6.92 Å². The Morgan fingerprint density at radius 2 is 1.95 bits per heavy atom. The van der Waals surface area contributed by atoms with Crippen molar-refractivity contribution in [2.75, 3.05) is 7.05 Å². The minimum Gasteiger partial charge on any atom is -0.309 e. The van der Waals surface area contributed by atoms with E-state index in [0.717, 1.165) is 27.1 Å². The Morgan fingerprint density at radius 3 is 2.71 bits per heavy atom. The first kappa shape index (κ1) is 14.1. The quantitative estimate of drug-likeness (QED) is 0.769. The van der Waals surface area contributed by atoms with Gasteiger partial charge in [0.1, 0.15) is 0 Å². The van der Waals surface area contributed by atoms with E-state index in [-0.39, 0.29) is 6.04 Å². The lowest BCUT2D eigenvalue weighted by molar-refractivity contribution is 0.696. The Labute approximate surface area is 129 Å². The second kappa shape index (κ2) is 5.84. The van der Waals surface area contributed by atoms with E-state index in [9.17, 15) is 0 Å². The number of hydrogen-bond donors (Lipinski definition) is 1. The molecular formula is C18H17ClN2. The lowest BCUT2D eigenvalue weighted by Gasteiger charge is -2.19. The number of nitrogens with zero attached hydrogens (tertiary/aromatic N) is 1. The number of rotatable bonds is 3. The number of pyridine rings is 1. The van der Waals surface area contributed by atoms with Crippen LogP contribution in [-0.2, 0) is 0 Å². The maximum atomic E-state index is 6.28. The predicted molar refractivity (Wildman–Crippen MR) is 88.8 cm³/mol. The maximum Gasteiger partial charge on any atom is 0.0705 e. The number of aryl methyl sites for hydroxylation is 1. The van der Waals surface area contributed by atoms with Crippen LogP contribution in [0.25, 0.3) is 10.9 Å². The summed E-state index contributed by atoms with van der Waals surface area (Å²) in [7, 11) is 1.97. The van der Waals surface area contributed by atoms with Crippen LogP contribution in [0.4, 0.5) is 0 Å². The molecule has 1 heterocycles. The molecule has 106 valence electrons. The van der Waals surface area contributed by atoms with Gasteiger partial charge in [-0.3, -0.25) is 4.98 Å². The summed E-state index contributed by atoms with van der Waals surface area (Å²) in [6, 6.07) is 16.6. The van der Waals surface area contributed by atoms with Gasteiger partial charge in [-0.2, -0.15) is 0 Å². The van der Waals surface area contributed by atoms with E-state index in [1.54, 1.807) is 0 Å². The molecule has 0 saturated heterocycles. The van der Waals surface area contributed by atoms with Gasteiger partial charge in [0.05, 0.1) is 11.6 Å². The number of nitrogens with one attached hydrogen (secondary N) is 1. The molecule has 1 unspecified atom stereocenters. The van der Waals surface area contributed by atoms with Crippen molar-refractivity contribution in [2.45, 2.75) is 13.0 Å². The molecule has 1 aromatic heterocycles. The highest BCUT2D eigenvalue weighted by molar-refractivity contribution is 6.31. The van der Waals surface area contributed by atoms with Crippen molar-refractivity contribution in [3.63, 3.8) is 0 Å². The van der Waals surface area contributed by atoms with Crippen LogP contribution in [0.2, 0.25) is 5.02 Å². The number of fused-ring (bicyclic) bond motifs is 1. The first-order chi connectivity index (χ1) is 10.2. The highest BCUT2D eigenvalue weighted by atomic mass is 35.5. The van der Waals surface area contributed by atoms with E-state index in [2.05, 4.69) is 34.6 Å². The Balaban J connectivity index is 2.16. The van der Waals surface area contributed by atoms with Gasteiger partial charge < -0.3 is 5.32 Å². The van der Waals surface area contributed by atoms with Crippen molar-refractivity contribution in [3.05, 3.63) is 76.4 Å². The summed E-state index contributed by atoms with van der Waals surface area (Å²) < 4.78 is 0. The summed E-state index contributed by atoms with van der Waals surface area (Å²) in [6.07, 6.45) is 1.82. The minimum atomic E-state index is 0.0935. The molecule has 0 spiro atoms. The van der Waals surface area contributed by atoms with Crippen molar-refractivity contribution >= 4 is 22.5 Å². The molecule has 1 N–H and O–H groups in total. The zero-order valence-corrected chi connectivity index (χ0v) is 12.9. The fourth-order valence-electron chi connectivity index (χ4n) is 2.67. The van der Waals surface area contributed by atoms with Gasteiger partial charge in [-0.25, -0.2) is 0 Å². The van der Waals surface area contributed by atoms with E-state index in [0.29, 0.717) is 0 Å². The average Bonchev–Trinajstić information content (AvgIpc) is 2.52. The number of hydrogen-bond acceptors (Lipinski definition) is 2. The summed E-state index contributed by atoms with van der Waals surface area (Å²) in [5.74, 6) is 0. The normalized spacial score (nSPS) is 12.5. The van der Waals surface area contributed by atoms with Gasteiger partial charge in [0.25, 0.3) is 0 Å². The van der Waals surface area contributed by atoms with Crippen molar-refractivity contribution in [2.24, 2.45) is 0 Å². The molecule has 0 radical (unpaired) electrons. The minimum absolute atomic E-state index is 0.0935. The third kappa shape index (κ3) is 2.65. The lowest BCUT2D eigenvalue weighted by atomic mass is 9.95. The van der Waals surface area contributed by atoms with E-state index in [1.165, 1.54) is 5.56 Å². The molecule has 1 atom stereocenters. The van der Waals surface area contributed by atoms with E-state index >= 15 is 0 Å². The third-order valence-corrected chi connectivity index (χ3v) is 4.22.